The number of nitrogens with zero attached hydrogens (tertiary/aromatic N) is 3. The van der Waals surface area contributed by atoms with Gasteiger partial charge in [-0.05, 0) is 24.5 Å². The van der Waals surface area contributed by atoms with Gasteiger partial charge < -0.3 is 4.90 Å². The number of nitrogens with one attached hydrogen (secondary N) is 1. The Morgan fingerprint density at radius 2 is 2.05 bits per heavy atom. The van der Waals surface area contributed by atoms with E-state index in [0.29, 0.717) is 12.5 Å². The van der Waals surface area contributed by atoms with Crippen LogP contribution < -0.4 is 16.1 Å². The molecule has 1 aromatic heterocycles. The molecule has 1 fully saturated rings. The Morgan fingerprint density at radius 3 is 2.77 bits per heavy atom. The maximum atomic E-state index is 11.8. The molecule has 1 saturated heterocycles. The fraction of sp³-hybridized carbons (Fsp3) is 0.312. The molecule has 2 aromatic rings. The van der Waals surface area contributed by atoms with Crippen LogP contribution in [0.4, 0.5) is 5.69 Å². The minimum Gasteiger partial charge on any atom is -0.371 e. The molecule has 112 valence electrons. The van der Waals surface area contributed by atoms with Gasteiger partial charge in [-0.2, -0.15) is 5.26 Å². The quantitative estimate of drug-likeness (QED) is 0.913. The van der Waals surface area contributed by atoms with Crippen molar-refractivity contribution in [3.05, 3.63) is 62.9 Å². The summed E-state index contributed by atoms with van der Waals surface area (Å²) in [5.74, 6) is 0.315. The van der Waals surface area contributed by atoms with Crippen LogP contribution in [-0.4, -0.2) is 22.6 Å². The minimum atomic E-state index is -0.624. The number of anilines is 1. The van der Waals surface area contributed by atoms with E-state index >= 15 is 0 Å². The second-order valence-corrected chi connectivity index (χ2v) is 5.50. The highest BCUT2D eigenvalue weighted by Crippen LogP contribution is 2.24. The Labute approximate surface area is 127 Å². The van der Waals surface area contributed by atoms with E-state index in [1.165, 1.54) is 16.5 Å². The lowest BCUT2D eigenvalue weighted by molar-refractivity contribution is 0.468. The number of H-pyrrole nitrogens is 1. The molecule has 0 bridgehead atoms. The first-order valence-electron chi connectivity index (χ1n) is 7.21. The standard InChI is InChI=1S/C16H16N4O2/c17-8-13-11-20(16(22)18-15(13)21)10-12-6-7-19(9-12)14-4-2-1-3-5-14/h1-5,11-12H,6-7,9-10H2,(H,18,21,22)/t12-/m0/s1. The van der Waals surface area contributed by atoms with Gasteiger partial charge in [0.25, 0.3) is 5.56 Å². The van der Waals surface area contributed by atoms with Crippen molar-refractivity contribution in [3.8, 4) is 6.07 Å². The SMILES string of the molecule is N#Cc1cn(C[C@H]2CCN(c3ccccc3)C2)c(=O)[nH]c1=O. The molecule has 0 unspecified atom stereocenters. The molecule has 3 rings (SSSR count). The molecule has 1 N–H and O–H groups in total. The number of para-hydroxylation sites is 1. The molecule has 0 spiro atoms. The molecule has 1 aliphatic heterocycles. The van der Waals surface area contributed by atoms with Gasteiger partial charge in [0.05, 0.1) is 0 Å². The van der Waals surface area contributed by atoms with Crippen LogP contribution in [0.1, 0.15) is 12.0 Å². The molecule has 22 heavy (non-hydrogen) atoms. The van der Waals surface area contributed by atoms with Gasteiger partial charge in [-0.1, -0.05) is 18.2 Å². The molecule has 1 aliphatic rings. The van der Waals surface area contributed by atoms with Crippen molar-refractivity contribution in [1.29, 1.82) is 5.26 Å². The van der Waals surface area contributed by atoms with Crippen molar-refractivity contribution >= 4 is 5.69 Å². The van der Waals surface area contributed by atoms with Gasteiger partial charge in [-0.3, -0.25) is 14.3 Å². The van der Waals surface area contributed by atoms with E-state index in [-0.39, 0.29) is 5.56 Å². The maximum absolute atomic E-state index is 11.8. The van der Waals surface area contributed by atoms with Crippen LogP contribution in [0.25, 0.3) is 0 Å². The summed E-state index contributed by atoms with van der Waals surface area (Å²) in [5.41, 5.74) is 0.0669. The van der Waals surface area contributed by atoms with E-state index < -0.39 is 11.2 Å². The summed E-state index contributed by atoms with van der Waals surface area (Å²) in [5, 5.41) is 8.89. The lowest BCUT2D eigenvalue weighted by Crippen LogP contribution is -2.33. The Hall–Kier alpha value is -2.81. The first-order valence-corrected chi connectivity index (χ1v) is 7.21. The number of hydrogen-bond acceptors (Lipinski definition) is 4. The second kappa shape index (κ2) is 5.90. The normalized spacial score (nSPS) is 17.4. The number of benzene rings is 1. The van der Waals surface area contributed by atoms with Crippen LogP contribution in [0, 0.1) is 17.2 Å². The van der Waals surface area contributed by atoms with Gasteiger partial charge in [0.15, 0.2) is 0 Å². The molecule has 1 atom stereocenters. The van der Waals surface area contributed by atoms with E-state index in [2.05, 4.69) is 22.0 Å². The van der Waals surface area contributed by atoms with Crippen LogP contribution in [0.2, 0.25) is 0 Å². The van der Waals surface area contributed by atoms with Crippen molar-refractivity contribution in [2.24, 2.45) is 5.92 Å². The Balaban J connectivity index is 1.75. The third-order valence-corrected chi connectivity index (χ3v) is 3.99. The molecule has 0 amide bonds. The van der Waals surface area contributed by atoms with Gasteiger partial charge in [0.2, 0.25) is 0 Å². The van der Waals surface area contributed by atoms with Crippen LogP contribution in [-0.2, 0) is 6.54 Å². The predicted molar refractivity (Wildman–Crippen MR) is 82.8 cm³/mol. The summed E-state index contributed by atoms with van der Waals surface area (Å²) in [6, 6.07) is 12.0. The van der Waals surface area contributed by atoms with E-state index in [4.69, 9.17) is 5.26 Å². The van der Waals surface area contributed by atoms with Gasteiger partial charge in [-0.25, -0.2) is 4.79 Å². The number of nitriles is 1. The lowest BCUT2D eigenvalue weighted by atomic mass is 10.1. The number of hydrogen-bond donors (Lipinski definition) is 1. The summed E-state index contributed by atoms with van der Waals surface area (Å²) in [4.78, 5) is 27.7. The molecular weight excluding hydrogens is 280 g/mol. The predicted octanol–water partition coefficient (Wildman–Crippen LogP) is 0.935. The zero-order chi connectivity index (χ0) is 15.5. The molecule has 1 aromatic carbocycles. The first kappa shape index (κ1) is 14.1. The molecule has 0 radical (unpaired) electrons. The third-order valence-electron chi connectivity index (χ3n) is 3.99. The minimum absolute atomic E-state index is 0.0301. The van der Waals surface area contributed by atoms with E-state index in [0.717, 1.165) is 19.5 Å². The zero-order valence-corrected chi connectivity index (χ0v) is 12.0. The highest BCUT2D eigenvalue weighted by Gasteiger charge is 2.23. The smallest absolute Gasteiger partial charge is 0.328 e. The van der Waals surface area contributed by atoms with Crippen molar-refractivity contribution in [2.45, 2.75) is 13.0 Å². The maximum Gasteiger partial charge on any atom is 0.328 e. The van der Waals surface area contributed by atoms with Crippen molar-refractivity contribution in [1.82, 2.24) is 9.55 Å². The highest BCUT2D eigenvalue weighted by atomic mass is 16.2. The number of aromatic nitrogens is 2. The van der Waals surface area contributed by atoms with Gasteiger partial charge in [-0.15, -0.1) is 0 Å². The summed E-state index contributed by atoms with van der Waals surface area (Å²) >= 11 is 0. The Kier molecular flexibility index (Phi) is 3.79. The highest BCUT2D eigenvalue weighted by molar-refractivity contribution is 5.46. The van der Waals surface area contributed by atoms with Crippen molar-refractivity contribution in [3.63, 3.8) is 0 Å². The van der Waals surface area contributed by atoms with Crippen LogP contribution in [0.15, 0.2) is 46.1 Å². The van der Waals surface area contributed by atoms with Gasteiger partial charge in [0.1, 0.15) is 11.6 Å². The molecule has 0 saturated carbocycles. The van der Waals surface area contributed by atoms with Gasteiger partial charge in [0, 0.05) is 31.5 Å². The Bertz CT molecular complexity index is 817. The average Bonchev–Trinajstić information content (AvgIpc) is 2.99. The van der Waals surface area contributed by atoms with Crippen molar-refractivity contribution in [2.75, 3.05) is 18.0 Å². The van der Waals surface area contributed by atoms with E-state index in [9.17, 15) is 9.59 Å². The average molecular weight is 296 g/mol. The third kappa shape index (κ3) is 2.79. The molecule has 6 nitrogen and oxygen atoms in total. The topological polar surface area (TPSA) is 81.9 Å². The molecule has 6 heteroatoms. The largest absolute Gasteiger partial charge is 0.371 e. The fourth-order valence-corrected chi connectivity index (χ4v) is 2.86. The summed E-state index contributed by atoms with van der Waals surface area (Å²) < 4.78 is 1.43. The summed E-state index contributed by atoms with van der Waals surface area (Å²) in [7, 11) is 0. The molecule has 2 heterocycles. The number of aromatic amines is 1. The van der Waals surface area contributed by atoms with E-state index in [1.54, 1.807) is 0 Å². The van der Waals surface area contributed by atoms with Crippen LogP contribution in [0.5, 0.6) is 0 Å². The zero-order valence-electron chi connectivity index (χ0n) is 12.0. The van der Waals surface area contributed by atoms with Gasteiger partial charge >= 0.3 is 5.69 Å². The summed E-state index contributed by atoms with van der Waals surface area (Å²) in [6.45, 7) is 2.31. The second-order valence-electron chi connectivity index (χ2n) is 5.50. The van der Waals surface area contributed by atoms with E-state index in [1.807, 2.05) is 24.3 Å². The fourth-order valence-electron chi connectivity index (χ4n) is 2.86. The monoisotopic (exact) mass is 296 g/mol. The van der Waals surface area contributed by atoms with Crippen LogP contribution in [0.3, 0.4) is 0 Å². The molecule has 0 aliphatic carbocycles. The van der Waals surface area contributed by atoms with Crippen molar-refractivity contribution < 1.29 is 0 Å². The summed E-state index contributed by atoms with van der Waals surface area (Å²) in [6.07, 6.45) is 2.33. The molecular formula is C16H16N4O2. The first-order chi connectivity index (χ1) is 10.7. The lowest BCUT2D eigenvalue weighted by Gasteiger charge is -2.18. The van der Waals surface area contributed by atoms with Crippen LogP contribution >= 0.6 is 0 Å². The Morgan fingerprint density at radius 1 is 1.27 bits per heavy atom. The number of rotatable bonds is 3.